The second-order valence-electron chi connectivity index (χ2n) is 14.9. The quantitative estimate of drug-likeness (QED) is 0.0474. The lowest BCUT2D eigenvalue weighted by molar-refractivity contribution is 0.265. The fourth-order valence-electron chi connectivity index (χ4n) is 6.18. The van der Waals surface area contributed by atoms with Gasteiger partial charge in [0.25, 0.3) is 0 Å². The predicted molar refractivity (Wildman–Crippen MR) is 244 cm³/mol. The second kappa shape index (κ2) is 25.7. The van der Waals surface area contributed by atoms with Gasteiger partial charge in [-0.15, -0.1) is 0 Å². The summed E-state index contributed by atoms with van der Waals surface area (Å²) >= 11 is 0. The Morgan fingerprint density at radius 2 is 0.750 bits per heavy atom. The Balaban J connectivity index is 2.30. The Morgan fingerprint density at radius 3 is 1.08 bits per heavy atom. The molecule has 0 spiro atoms. The van der Waals surface area contributed by atoms with Crippen LogP contribution in [0, 0.1) is 6.92 Å². The van der Waals surface area contributed by atoms with Crippen LogP contribution in [0.15, 0.2) is 98.4 Å². The molecule has 0 N–H and O–H groups in total. The molecule has 0 bridgehead atoms. The SMILES string of the molecule is CCCCOc1cc(OCCCC)c(S(OS(=O)(=O)c2ccc(C)cc2)(c2ccccc2)c2c(OCCCC)cc(OCCCC)cc2OCCCC)c(OCCCC)c1. The predicted octanol–water partition coefficient (Wildman–Crippen LogP) is 13.7. The van der Waals surface area contributed by atoms with Gasteiger partial charge in [0.1, 0.15) is 44.3 Å². The molecule has 0 aliphatic carbocycles. The van der Waals surface area contributed by atoms with Crippen molar-refractivity contribution in [1.82, 2.24) is 0 Å². The third-order valence-electron chi connectivity index (χ3n) is 9.69. The molecule has 0 amide bonds. The van der Waals surface area contributed by atoms with Crippen LogP contribution in [0.2, 0.25) is 0 Å². The van der Waals surface area contributed by atoms with E-state index in [2.05, 4.69) is 41.5 Å². The van der Waals surface area contributed by atoms with E-state index in [9.17, 15) is 0 Å². The molecule has 0 heterocycles. The third kappa shape index (κ3) is 13.5. The summed E-state index contributed by atoms with van der Waals surface area (Å²) in [5.41, 5.74) is 0.921. The zero-order chi connectivity index (χ0) is 43.2. The van der Waals surface area contributed by atoms with Gasteiger partial charge in [-0.25, -0.2) is 3.63 Å². The van der Waals surface area contributed by atoms with E-state index >= 15 is 8.42 Å². The van der Waals surface area contributed by atoms with Crippen molar-refractivity contribution in [3.63, 3.8) is 0 Å². The molecule has 0 atom stereocenters. The third-order valence-corrected chi connectivity index (χ3v) is 15.0. The van der Waals surface area contributed by atoms with Crippen LogP contribution in [0.4, 0.5) is 0 Å². The lowest BCUT2D eigenvalue weighted by Crippen LogP contribution is -2.19. The van der Waals surface area contributed by atoms with Gasteiger partial charge in [-0.1, -0.05) is 116 Å². The van der Waals surface area contributed by atoms with E-state index < -0.39 is 20.4 Å². The van der Waals surface area contributed by atoms with Gasteiger partial charge in [0.05, 0.1) is 44.5 Å². The minimum Gasteiger partial charge on any atom is -0.493 e. The van der Waals surface area contributed by atoms with Gasteiger partial charge < -0.3 is 28.4 Å². The zero-order valence-corrected chi connectivity index (χ0v) is 38.9. The fraction of sp³-hybridized carbons (Fsp3) is 0.510. The van der Waals surface area contributed by atoms with Crippen LogP contribution in [-0.4, -0.2) is 48.1 Å². The number of rotatable bonds is 30. The smallest absolute Gasteiger partial charge is 0.307 e. The van der Waals surface area contributed by atoms with Crippen LogP contribution in [0.1, 0.15) is 124 Å². The summed E-state index contributed by atoms with van der Waals surface area (Å²) in [6, 6.07) is 23.7. The van der Waals surface area contributed by atoms with Gasteiger partial charge >= 0.3 is 10.1 Å². The fourth-order valence-corrected chi connectivity index (χ4v) is 11.7. The van der Waals surface area contributed by atoms with Crippen molar-refractivity contribution in [2.45, 2.75) is 145 Å². The van der Waals surface area contributed by atoms with Crippen molar-refractivity contribution < 1.29 is 40.5 Å². The van der Waals surface area contributed by atoms with Gasteiger partial charge in [-0.2, -0.15) is 8.42 Å². The molecule has 9 nitrogen and oxygen atoms in total. The van der Waals surface area contributed by atoms with Crippen molar-refractivity contribution in [2.24, 2.45) is 0 Å². The summed E-state index contributed by atoms with van der Waals surface area (Å²) in [7, 11) is -8.05. The summed E-state index contributed by atoms with van der Waals surface area (Å²) in [4.78, 5) is 1.49. The van der Waals surface area contributed by atoms with Crippen LogP contribution >= 0.6 is 10.3 Å². The van der Waals surface area contributed by atoms with E-state index in [1.807, 2.05) is 61.5 Å². The molecule has 0 unspecified atom stereocenters. The van der Waals surface area contributed by atoms with E-state index in [0.717, 1.165) is 82.6 Å². The average molecular weight is 867 g/mol. The maximum absolute atomic E-state index is 15.2. The highest BCUT2D eigenvalue weighted by molar-refractivity contribution is 8.33. The number of hydrogen-bond acceptors (Lipinski definition) is 9. The highest BCUT2D eigenvalue weighted by atomic mass is 32.3. The lowest BCUT2D eigenvalue weighted by atomic mass is 10.2. The molecule has 0 saturated heterocycles. The zero-order valence-electron chi connectivity index (χ0n) is 37.2. The second-order valence-corrected chi connectivity index (χ2v) is 19.2. The molecular formula is C49H70O9S2. The normalized spacial score (nSPS) is 11.9. The molecule has 4 aromatic carbocycles. The van der Waals surface area contributed by atoms with Gasteiger partial charge in [0.15, 0.2) is 0 Å². The molecule has 0 fully saturated rings. The van der Waals surface area contributed by atoms with E-state index in [4.69, 9.17) is 32.1 Å². The summed E-state index contributed by atoms with van der Waals surface area (Å²) in [6.07, 6.45) is 10.3. The molecule has 332 valence electrons. The highest BCUT2D eigenvalue weighted by Crippen LogP contribution is 2.78. The molecule has 0 aliphatic heterocycles. The first-order valence-corrected chi connectivity index (χ1v) is 25.2. The number of ether oxygens (including phenoxy) is 6. The first-order chi connectivity index (χ1) is 29.2. The van der Waals surface area contributed by atoms with Crippen LogP contribution in [0.5, 0.6) is 34.5 Å². The number of unbranched alkanes of at least 4 members (excludes halogenated alkanes) is 6. The first-order valence-electron chi connectivity index (χ1n) is 22.2. The summed E-state index contributed by atoms with van der Waals surface area (Å²) < 4.78 is 77.5. The molecule has 0 aliphatic rings. The molecule has 60 heavy (non-hydrogen) atoms. The Labute approximate surface area is 363 Å². The summed E-state index contributed by atoms with van der Waals surface area (Å²) in [6.45, 7) is 17.1. The largest absolute Gasteiger partial charge is 0.493 e. The minimum atomic E-state index is -4.55. The van der Waals surface area contributed by atoms with Crippen molar-refractivity contribution in [3.8, 4) is 34.5 Å². The molecule has 0 radical (unpaired) electrons. The minimum absolute atomic E-state index is 0.0174. The maximum atomic E-state index is 15.2. The van der Waals surface area contributed by atoms with Crippen LogP contribution in [-0.2, 0) is 13.7 Å². The summed E-state index contributed by atoms with van der Waals surface area (Å²) in [5.74, 6) is 2.75. The maximum Gasteiger partial charge on any atom is 0.307 e. The standard InChI is InChI=1S/C49H70O9S2/c1-8-14-29-52-40-35-44(54-31-16-10-3)48(45(36-40)55-32-17-11-4)59(42-23-21-20-22-24-42,58-60(50,51)43-27-25-39(7)26-28-43)49-46(56-33-18-12-5)37-41(53-30-15-9-2)38-47(49)57-34-19-13-6/h20-28,35-38H,8-19,29-34H2,1-7H3. The molecule has 4 aromatic rings. The van der Waals surface area contributed by atoms with E-state index in [1.54, 1.807) is 24.3 Å². The van der Waals surface area contributed by atoms with Crippen molar-refractivity contribution in [1.29, 1.82) is 0 Å². The van der Waals surface area contributed by atoms with Gasteiger partial charge in [0.2, 0.25) is 0 Å². The molecule has 11 heteroatoms. The molecule has 0 aromatic heterocycles. The first kappa shape index (κ1) is 48.6. The number of aryl methyl sites for hydroxylation is 1. The van der Waals surface area contributed by atoms with E-state index in [1.165, 1.54) is 0 Å². The number of hydrogen-bond donors (Lipinski definition) is 0. The van der Waals surface area contributed by atoms with Gasteiger partial charge in [0, 0.05) is 29.2 Å². The van der Waals surface area contributed by atoms with E-state index in [0.29, 0.717) is 88.8 Å². The summed E-state index contributed by atoms with van der Waals surface area (Å²) in [5, 5.41) is 0. The molecule has 4 rings (SSSR count). The van der Waals surface area contributed by atoms with Crippen molar-refractivity contribution in [3.05, 3.63) is 84.4 Å². The lowest BCUT2D eigenvalue weighted by Gasteiger charge is -2.42. The van der Waals surface area contributed by atoms with Gasteiger partial charge in [-0.3, -0.25) is 0 Å². The Bertz CT molecular complexity index is 1810. The Morgan fingerprint density at radius 1 is 0.417 bits per heavy atom. The Hall–Kier alpha value is -4.06. The van der Waals surface area contributed by atoms with Crippen molar-refractivity contribution in [2.75, 3.05) is 39.6 Å². The topological polar surface area (TPSA) is 98.8 Å². The van der Waals surface area contributed by atoms with Crippen LogP contribution in [0.25, 0.3) is 0 Å². The molecule has 0 saturated carbocycles. The number of benzene rings is 4. The molecular weight excluding hydrogens is 797 g/mol. The van der Waals surface area contributed by atoms with Crippen LogP contribution < -0.4 is 28.4 Å². The average Bonchev–Trinajstić information content (AvgIpc) is 3.24. The highest BCUT2D eigenvalue weighted by Gasteiger charge is 2.47. The van der Waals surface area contributed by atoms with E-state index in [-0.39, 0.29) is 4.90 Å². The monoisotopic (exact) mass is 866 g/mol. The Kier molecular flexibility index (Phi) is 20.8. The van der Waals surface area contributed by atoms with Crippen molar-refractivity contribution >= 4 is 20.4 Å². The van der Waals surface area contributed by atoms with Gasteiger partial charge in [-0.05, 0) is 80.0 Å². The van der Waals surface area contributed by atoms with Crippen LogP contribution in [0.3, 0.4) is 0 Å².